The molecular formula is C13H12. The lowest BCUT2D eigenvalue weighted by Crippen LogP contribution is -1.77. The lowest BCUT2D eigenvalue weighted by Gasteiger charge is -1.98. The molecule has 2 rings (SSSR count). The second kappa shape index (κ2) is 3.06. The molecule has 0 heteroatoms. The van der Waals surface area contributed by atoms with Gasteiger partial charge in [0.1, 0.15) is 0 Å². The molecule has 0 spiro atoms. The molecule has 0 unspecified atom stereocenters. The molecule has 1 aliphatic carbocycles. The molecule has 0 fully saturated rings. The first-order chi connectivity index (χ1) is 6.33. The Morgan fingerprint density at radius 1 is 1.23 bits per heavy atom. The number of benzene rings is 1. The van der Waals surface area contributed by atoms with E-state index in [1.165, 1.54) is 22.3 Å². The van der Waals surface area contributed by atoms with Gasteiger partial charge in [0.25, 0.3) is 0 Å². The third kappa shape index (κ3) is 1.25. The molecule has 13 heavy (non-hydrogen) atoms. The monoisotopic (exact) mass is 168 g/mol. The van der Waals surface area contributed by atoms with Crippen LogP contribution >= 0.6 is 0 Å². The van der Waals surface area contributed by atoms with Crippen LogP contribution in [0.1, 0.15) is 11.1 Å². The third-order valence-corrected chi connectivity index (χ3v) is 2.38. The highest BCUT2D eigenvalue weighted by Crippen LogP contribution is 2.35. The molecule has 0 bridgehead atoms. The number of rotatable bonds is 1. The van der Waals surface area contributed by atoms with E-state index in [0.29, 0.717) is 0 Å². The quantitative estimate of drug-likeness (QED) is 0.603. The fraction of sp³-hybridized carbons (Fsp3) is 0.0769. The van der Waals surface area contributed by atoms with Crippen LogP contribution < -0.4 is 0 Å². The van der Waals surface area contributed by atoms with Crippen molar-refractivity contribution in [3.63, 3.8) is 0 Å². The van der Waals surface area contributed by atoms with Crippen molar-refractivity contribution in [3.05, 3.63) is 66.3 Å². The van der Waals surface area contributed by atoms with Crippen molar-refractivity contribution < 1.29 is 0 Å². The Morgan fingerprint density at radius 3 is 2.77 bits per heavy atom. The fourth-order valence-corrected chi connectivity index (χ4v) is 1.78. The van der Waals surface area contributed by atoms with E-state index in [2.05, 4.69) is 37.4 Å². The first kappa shape index (κ1) is 8.06. The van der Waals surface area contributed by atoms with E-state index in [9.17, 15) is 0 Å². The smallest absolute Gasteiger partial charge is 0.00193 e. The molecule has 1 aromatic carbocycles. The Labute approximate surface area is 78.9 Å². The Balaban J connectivity index is 2.59. The van der Waals surface area contributed by atoms with E-state index >= 15 is 0 Å². The van der Waals surface area contributed by atoms with Gasteiger partial charge in [-0.15, -0.1) is 0 Å². The fourth-order valence-electron chi connectivity index (χ4n) is 1.78. The molecule has 0 nitrogen and oxygen atoms in total. The average molecular weight is 168 g/mol. The van der Waals surface area contributed by atoms with E-state index in [1.54, 1.807) is 0 Å². The third-order valence-electron chi connectivity index (χ3n) is 2.38. The highest BCUT2D eigenvalue weighted by Gasteiger charge is 2.17. The summed E-state index contributed by atoms with van der Waals surface area (Å²) in [5.41, 5.74) is 5.12. The number of hydrogen-bond acceptors (Lipinski definition) is 0. The van der Waals surface area contributed by atoms with Gasteiger partial charge in [-0.25, -0.2) is 0 Å². The molecule has 0 aromatic heterocycles. The van der Waals surface area contributed by atoms with Crippen LogP contribution in [0.25, 0.3) is 5.57 Å². The van der Waals surface area contributed by atoms with Crippen LogP contribution in [0, 0.1) is 0 Å². The van der Waals surface area contributed by atoms with Crippen molar-refractivity contribution in [2.75, 3.05) is 0 Å². The van der Waals surface area contributed by atoms with Gasteiger partial charge in [0.05, 0.1) is 0 Å². The van der Waals surface area contributed by atoms with Crippen LogP contribution in [0.5, 0.6) is 0 Å². The number of fused-ring (bicyclic) bond motifs is 1. The van der Waals surface area contributed by atoms with Gasteiger partial charge in [0, 0.05) is 0 Å². The summed E-state index contributed by atoms with van der Waals surface area (Å²) in [6, 6.07) is 8.44. The van der Waals surface area contributed by atoms with Gasteiger partial charge < -0.3 is 0 Å². The minimum Gasteiger partial charge on any atom is -0.0990 e. The van der Waals surface area contributed by atoms with Crippen LogP contribution in [-0.2, 0) is 6.42 Å². The molecular weight excluding hydrogens is 156 g/mol. The van der Waals surface area contributed by atoms with Crippen LogP contribution in [-0.4, -0.2) is 0 Å². The Morgan fingerprint density at radius 2 is 2.00 bits per heavy atom. The van der Waals surface area contributed by atoms with Crippen molar-refractivity contribution in [2.24, 2.45) is 0 Å². The highest BCUT2D eigenvalue weighted by molar-refractivity contribution is 5.86. The molecule has 1 aromatic rings. The minimum atomic E-state index is 0.982. The van der Waals surface area contributed by atoms with Gasteiger partial charge >= 0.3 is 0 Å². The van der Waals surface area contributed by atoms with Gasteiger partial charge in [0.2, 0.25) is 0 Å². The SMILES string of the molecule is C=C/C=C1\C(=C)Cc2ccccc21. The zero-order valence-corrected chi connectivity index (χ0v) is 7.59. The second-order valence-corrected chi connectivity index (χ2v) is 3.25. The summed E-state index contributed by atoms with van der Waals surface area (Å²) in [5.74, 6) is 0. The topological polar surface area (TPSA) is 0 Å². The lowest BCUT2D eigenvalue weighted by atomic mass is 10.1. The number of allylic oxidation sites excluding steroid dienone is 4. The molecule has 0 saturated heterocycles. The van der Waals surface area contributed by atoms with Crippen molar-refractivity contribution in [2.45, 2.75) is 6.42 Å². The largest absolute Gasteiger partial charge is 0.0990 e. The van der Waals surface area contributed by atoms with Gasteiger partial charge in [0.15, 0.2) is 0 Å². The van der Waals surface area contributed by atoms with Crippen molar-refractivity contribution in [1.82, 2.24) is 0 Å². The van der Waals surface area contributed by atoms with E-state index in [-0.39, 0.29) is 0 Å². The predicted octanol–water partition coefficient (Wildman–Crippen LogP) is 3.37. The maximum atomic E-state index is 4.05. The molecule has 64 valence electrons. The molecule has 0 N–H and O–H groups in total. The van der Waals surface area contributed by atoms with Crippen LogP contribution in [0.2, 0.25) is 0 Å². The zero-order chi connectivity index (χ0) is 9.26. The van der Waals surface area contributed by atoms with E-state index < -0.39 is 0 Å². The highest BCUT2D eigenvalue weighted by atomic mass is 14.2. The van der Waals surface area contributed by atoms with Gasteiger partial charge in [-0.3, -0.25) is 0 Å². The normalized spacial score (nSPS) is 17.5. The zero-order valence-electron chi connectivity index (χ0n) is 7.59. The summed E-state index contributed by atoms with van der Waals surface area (Å²) in [4.78, 5) is 0. The van der Waals surface area contributed by atoms with Gasteiger partial charge in [-0.2, -0.15) is 0 Å². The van der Waals surface area contributed by atoms with Crippen molar-refractivity contribution in [3.8, 4) is 0 Å². The number of hydrogen-bond donors (Lipinski definition) is 0. The maximum absolute atomic E-state index is 4.05. The molecule has 0 aliphatic heterocycles. The van der Waals surface area contributed by atoms with E-state index in [0.717, 1.165) is 6.42 Å². The Kier molecular flexibility index (Phi) is 1.90. The average Bonchev–Trinajstić information content (AvgIpc) is 2.44. The minimum absolute atomic E-state index is 0.982. The maximum Gasteiger partial charge on any atom is -0.00193 e. The molecule has 0 saturated carbocycles. The summed E-state index contributed by atoms with van der Waals surface area (Å²) < 4.78 is 0. The first-order valence-electron chi connectivity index (χ1n) is 4.42. The summed E-state index contributed by atoms with van der Waals surface area (Å²) in [7, 11) is 0. The van der Waals surface area contributed by atoms with Crippen molar-refractivity contribution >= 4 is 5.57 Å². The van der Waals surface area contributed by atoms with Crippen molar-refractivity contribution in [1.29, 1.82) is 0 Å². The summed E-state index contributed by atoms with van der Waals surface area (Å²) >= 11 is 0. The van der Waals surface area contributed by atoms with Crippen LogP contribution in [0.15, 0.2) is 55.1 Å². The van der Waals surface area contributed by atoms with Crippen LogP contribution in [0.4, 0.5) is 0 Å². The standard InChI is InChI=1S/C13H12/c1-3-6-12-10(2)9-11-7-4-5-8-13(11)12/h3-8H,1-2,9H2/b12-6+. The second-order valence-electron chi connectivity index (χ2n) is 3.25. The van der Waals surface area contributed by atoms with Crippen LogP contribution in [0.3, 0.4) is 0 Å². The van der Waals surface area contributed by atoms with E-state index in [1.807, 2.05) is 12.2 Å². The summed E-state index contributed by atoms with van der Waals surface area (Å²) in [6.07, 6.45) is 4.84. The lowest BCUT2D eigenvalue weighted by molar-refractivity contribution is 1.28. The first-order valence-corrected chi connectivity index (χ1v) is 4.42. The molecule has 0 heterocycles. The molecule has 0 atom stereocenters. The Bertz CT molecular complexity index is 394. The predicted molar refractivity (Wildman–Crippen MR) is 57.5 cm³/mol. The van der Waals surface area contributed by atoms with E-state index in [4.69, 9.17) is 0 Å². The van der Waals surface area contributed by atoms with Gasteiger partial charge in [-0.1, -0.05) is 49.6 Å². The summed E-state index contributed by atoms with van der Waals surface area (Å²) in [5, 5.41) is 0. The molecule has 0 radical (unpaired) electrons. The summed E-state index contributed by atoms with van der Waals surface area (Å²) in [6.45, 7) is 7.77. The molecule has 1 aliphatic rings. The molecule has 0 amide bonds. The van der Waals surface area contributed by atoms with Gasteiger partial charge in [-0.05, 0) is 28.7 Å². The Hall–Kier alpha value is -1.56.